The first-order chi connectivity index (χ1) is 8.99. The molecule has 3 amide bonds. The van der Waals surface area contributed by atoms with E-state index in [4.69, 9.17) is 13.6 Å². The zero-order valence-electron chi connectivity index (χ0n) is 11.0. The molecule has 0 saturated heterocycles. The Labute approximate surface area is 114 Å². The van der Waals surface area contributed by atoms with Gasteiger partial charge < -0.3 is 5.73 Å². The average molecular weight is 256 g/mol. The molecule has 1 fully saturated rings. The number of carbonyl (C=O) groups is 2. The van der Waals surface area contributed by atoms with Crippen LogP contribution in [0.5, 0.6) is 0 Å². The summed E-state index contributed by atoms with van der Waals surface area (Å²) in [5.74, 6) is 0.0707. The van der Waals surface area contributed by atoms with E-state index in [1.165, 1.54) is 12.6 Å². The highest BCUT2D eigenvalue weighted by Gasteiger charge is 2.33. The summed E-state index contributed by atoms with van der Waals surface area (Å²) in [5.41, 5.74) is 7.06. The minimum Gasteiger partial charge on any atom is -0.351 e. The number of hydrogen-bond donors (Lipinski definition) is 1. The summed E-state index contributed by atoms with van der Waals surface area (Å²) in [4.78, 5) is 24.0. The highest BCUT2D eigenvalue weighted by atomic mass is 16.2. The van der Waals surface area contributed by atoms with Gasteiger partial charge in [0.05, 0.1) is 0 Å². The van der Waals surface area contributed by atoms with Gasteiger partial charge in [0, 0.05) is 13.0 Å². The molecule has 0 unspecified atom stereocenters. The van der Waals surface area contributed by atoms with E-state index in [0.717, 1.165) is 29.6 Å². The van der Waals surface area contributed by atoms with Gasteiger partial charge in [0.2, 0.25) is 5.91 Å². The second-order valence-corrected chi connectivity index (χ2v) is 5.11. The SMILES string of the molecule is [B]c1ccc([C@H]2CC[C@H](C(=O)N(C)C(N)=O)C2)cc1. The lowest BCUT2D eigenvalue weighted by atomic mass is 9.90. The average Bonchev–Trinajstić information content (AvgIpc) is 2.87. The molecule has 0 aliphatic heterocycles. The highest BCUT2D eigenvalue weighted by Crippen LogP contribution is 2.38. The Balaban J connectivity index is 2.02. The first-order valence-corrected chi connectivity index (χ1v) is 6.41. The van der Waals surface area contributed by atoms with Crippen molar-refractivity contribution in [3.8, 4) is 0 Å². The molecular weight excluding hydrogens is 239 g/mol. The van der Waals surface area contributed by atoms with Crippen LogP contribution in [0.1, 0.15) is 30.7 Å². The first kappa shape index (κ1) is 13.7. The predicted molar refractivity (Wildman–Crippen MR) is 74.3 cm³/mol. The lowest BCUT2D eigenvalue weighted by Crippen LogP contribution is -2.40. The molecule has 1 aliphatic carbocycles. The van der Waals surface area contributed by atoms with Gasteiger partial charge in [-0.2, -0.15) is 0 Å². The quantitative estimate of drug-likeness (QED) is 0.799. The topological polar surface area (TPSA) is 63.4 Å². The Kier molecular flexibility index (Phi) is 3.93. The van der Waals surface area contributed by atoms with Gasteiger partial charge in [-0.1, -0.05) is 29.7 Å². The molecule has 0 bridgehead atoms. The molecule has 2 radical (unpaired) electrons. The maximum atomic E-state index is 12.0. The molecule has 5 heteroatoms. The molecular formula is C14H17BN2O2. The lowest BCUT2D eigenvalue weighted by Gasteiger charge is -2.17. The van der Waals surface area contributed by atoms with Crippen LogP contribution >= 0.6 is 0 Å². The normalized spacial score (nSPS) is 22.2. The van der Waals surface area contributed by atoms with E-state index >= 15 is 0 Å². The number of nitrogens with two attached hydrogens (primary N) is 1. The van der Waals surface area contributed by atoms with Gasteiger partial charge in [-0.05, 0) is 30.7 Å². The number of benzene rings is 1. The maximum Gasteiger partial charge on any atom is 0.321 e. The Morgan fingerprint density at radius 3 is 2.47 bits per heavy atom. The molecule has 0 aromatic heterocycles. The van der Waals surface area contributed by atoms with Crippen molar-refractivity contribution in [2.75, 3.05) is 7.05 Å². The molecule has 1 aromatic carbocycles. The summed E-state index contributed by atoms with van der Waals surface area (Å²) in [6.07, 6.45) is 2.51. The summed E-state index contributed by atoms with van der Waals surface area (Å²) < 4.78 is 0. The second-order valence-electron chi connectivity index (χ2n) is 5.11. The number of imide groups is 1. The largest absolute Gasteiger partial charge is 0.351 e. The van der Waals surface area contributed by atoms with Gasteiger partial charge in [-0.3, -0.25) is 9.69 Å². The number of carbonyl (C=O) groups excluding carboxylic acids is 2. The monoisotopic (exact) mass is 256 g/mol. The van der Waals surface area contributed by atoms with Gasteiger partial charge in [0.1, 0.15) is 7.85 Å². The van der Waals surface area contributed by atoms with Crippen LogP contribution in [-0.2, 0) is 4.79 Å². The van der Waals surface area contributed by atoms with Gasteiger partial charge in [0.25, 0.3) is 0 Å². The van der Waals surface area contributed by atoms with E-state index in [9.17, 15) is 9.59 Å². The number of primary amides is 1. The van der Waals surface area contributed by atoms with Gasteiger partial charge in [-0.15, -0.1) is 0 Å². The van der Waals surface area contributed by atoms with Crippen molar-refractivity contribution in [2.24, 2.45) is 11.7 Å². The van der Waals surface area contributed by atoms with Crippen molar-refractivity contribution < 1.29 is 9.59 Å². The Bertz CT molecular complexity index is 487. The fourth-order valence-electron chi connectivity index (χ4n) is 2.66. The summed E-state index contributed by atoms with van der Waals surface area (Å²) in [6.45, 7) is 0. The summed E-state index contributed by atoms with van der Waals surface area (Å²) >= 11 is 0. The van der Waals surface area contributed by atoms with E-state index in [-0.39, 0.29) is 11.8 Å². The standard InChI is InChI=1S/C14H17BN2O2/c1-17(14(16)19)13(18)11-3-2-10(8-11)9-4-6-12(15)7-5-9/h4-7,10-11H,2-3,8H2,1H3,(H2,16,19)/t10-,11-/m0/s1. The van der Waals surface area contributed by atoms with Crippen LogP contribution in [0.15, 0.2) is 24.3 Å². The maximum absolute atomic E-state index is 12.0. The van der Waals surface area contributed by atoms with Crippen molar-refractivity contribution >= 4 is 25.2 Å². The van der Waals surface area contributed by atoms with Crippen molar-refractivity contribution in [1.82, 2.24) is 4.90 Å². The molecule has 2 atom stereocenters. The molecule has 4 nitrogen and oxygen atoms in total. The molecule has 0 heterocycles. The van der Waals surface area contributed by atoms with Crippen LogP contribution in [0.2, 0.25) is 0 Å². The summed E-state index contributed by atoms with van der Waals surface area (Å²) in [7, 11) is 7.09. The minimum atomic E-state index is -0.694. The van der Waals surface area contributed by atoms with Crippen LogP contribution in [0.25, 0.3) is 0 Å². The Morgan fingerprint density at radius 2 is 1.89 bits per heavy atom. The molecule has 0 spiro atoms. The number of hydrogen-bond acceptors (Lipinski definition) is 2. The van der Waals surface area contributed by atoms with Crippen LogP contribution in [0, 0.1) is 5.92 Å². The summed E-state index contributed by atoms with van der Waals surface area (Å²) in [6, 6.07) is 7.07. The third-order valence-electron chi connectivity index (χ3n) is 3.85. The number of rotatable bonds is 2. The van der Waals surface area contributed by atoms with E-state index in [1.54, 1.807) is 0 Å². The van der Waals surface area contributed by atoms with E-state index in [1.807, 2.05) is 24.3 Å². The minimum absolute atomic E-state index is 0.111. The number of amides is 3. The molecule has 19 heavy (non-hydrogen) atoms. The lowest BCUT2D eigenvalue weighted by molar-refractivity contribution is -0.131. The Morgan fingerprint density at radius 1 is 1.26 bits per heavy atom. The zero-order valence-corrected chi connectivity index (χ0v) is 11.0. The number of urea groups is 1. The van der Waals surface area contributed by atoms with Gasteiger partial charge in [0.15, 0.2) is 0 Å². The van der Waals surface area contributed by atoms with E-state index in [2.05, 4.69) is 0 Å². The molecule has 1 aromatic rings. The van der Waals surface area contributed by atoms with Gasteiger partial charge >= 0.3 is 6.03 Å². The third kappa shape index (κ3) is 2.97. The van der Waals surface area contributed by atoms with Crippen molar-refractivity contribution in [3.05, 3.63) is 29.8 Å². The first-order valence-electron chi connectivity index (χ1n) is 6.41. The second kappa shape index (κ2) is 5.47. The van der Waals surface area contributed by atoms with E-state index < -0.39 is 6.03 Å². The highest BCUT2D eigenvalue weighted by molar-refractivity contribution is 6.32. The van der Waals surface area contributed by atoms with Crippen molar-refractivity contribution in [1.29, 1.82) is 0 Å². The zero-order chi connectivity index (χ0) is 14.0. The van der Waals surface area contributed by atoms with Gasteiger partial charge in [-0.25, -0.2) is 4.79 Å². The molecule has 98 valence electrons. The van der Waals surface area contributed by atoms with Crippen LogP contribution in [-0.4, -0.2) is 31.7 Å². The molecule has 2 N–H and O–H groups in total. The fraction of sp³-hybridized carbons (Fsp3) is 0.429. The Hall–Kier alpha value is -1.78. The van der Waals surface area contributed by atoms with Crippen LogP contribution < -0.4 is 11.2 Å². The van der Waals surface area contributed by atoms with E-state index in [0.29, 0.717) is 5.92 Å². The molecule has 1 saturated carbocycles. The van der Waals surface area contributed by atoms with Crippen molar-refractivity contribution in [2.45, 2.75) is 25.2 Å². The van der Waals surface area contributed by atoms with Crippen molar-refractivity contribution in [3.63, 3.8) is 0 Å². The third-order valence-corrected chi connectivity index (χ3v) is 3.85. The van der Waals surface area contributed by atoms with Crippen LogP contribution in [0.4, 0.5) is 4.79 Å². The summed E-state index contributed by atoms with van der Waals surface area (Å²) in [5, 5.41) is 0. The van der Waals surface area contributed by atoms with Crippen LogP contribution in [0.3, 0.4) is 0 Å². The molecule has 1 aliphatic rings. The predicted octanol–water partition coefficient (Wildman–Crippen LogP) is 0.901. The molecule has 2 rings (SSSR count). The number of nitrogens with zero attached hydrogens (tertiary/aromatic N) is 1. The smallest absolute Gasteiger partial charge is 0.321 e. The fourth-order valence-corrected chi connectivity index (χ4v) is 2.66.